The maximum absolute atomic E-state index is 4.37. The molecule has 0 saturated carbocycles. The third-order valence-corrected chi connectivity index (χ3v) is 4.25. The van der Waals surface area contributed by atoms with E-state index in [9.17, 15) is 0 Å². The maximum atomic E-state index is 4.37. The summed E-state index contributed by atoms with van der Waals surface area (Å²) in [5.41, 5.74) is 2.65. The lowest BCUT2D eigenvalue weighted by atomic mass is 10.0. The van der Waals surface area contributed by atoms with Gasteiger partial charge in [-0.3, -0.25) is 4.68 Å². The second kappa shape index (κ2) is 5.85. The highest BCUT2D eigenvalue weighted by Crippen LogP contribution is 2.26. The first-order valence-electron chi connectivity index (χ1n) is 7.54. The molecule has 5 heteroatoms. The molecule has 21 heavy (non-hydrogen) atoms. The highest BCUT2D eigenvalue weighted by molar-refractivity contribution is 5.54. The van der Waals surface area contributed by atoms with Crippen LogP contribution < -0.4 is 10.2 Å². The van der Waals surface area contributed by atoms with E-state index in [0.717, 1.165) is 25.5 Å². The van der Waals surface area contributed by atoms with E-state index in [1.54, 1.807) is 6.33 Å². The Hall–Kier alpha value is -1.88. The molecule has 1 aromatic heterocycles. The number of nitrogens with zero attached hydrogens (tertiary/aromatic N) is 4. The molecule has 1 unspecified atom stereocenters. The van der Waals surface area contributed by atoms with Crippen molar-refractivity contribution < 1.29 is 0 Å². The molecule has 0 radical (unpaired) electrons. The van der Waals surface area contributed by atoms with Gasteiger partial charge in [0.2, 0.25) is 0 Å². The molecule has 3 rings (SSSR count). The number of para-hydroxylation sites is 1. The number of fused-ring (bicyclic) bond motifs is 1. The van der Waals surface area contributed by atoms with Crippen LogP contribution in [0.3, 0.4) is 0 Å². The fourth-order valence-corrected chi connectivity index (χ4v) is 2.84. The molecule has 2 heterocycles. The molecule has 5 nitrogen and oxygen atoms in total. The van der Waals surface area contributed by atoms with Gasteiger partial charge in [0.15, 0.2) is 0 Å². The van der Waals surface area contributed by atoms with Crippen LogP contribution in [0.1, 0.15) is 25.2 Å². The average Bonchev–Trinajstić information content (AvgIpc) is 2.77. The van der Waals surface area contributed by atoms with Gasteiger partial charge in [-0.1, -0.05) is 32.0 Å². The number of aromatic nitrogens is 3. The fraction of sp³-hybridized carbons (Fsp3) is 0.500. The van der Waals surface area contributed by atoms with Crippen molar-refractivity contribution in [2.75, 3.05) is 11.4 Å². The van der Waals surface area contributed by atoms with Crippen LogP contribution >= 0.6 is 0 Å². The zero-order chi connectivity index (χ0) is 14.8. The first kappa shape index (κ1) is 14.1. The minimum atomic E-state index is 0.477. The van der Waals surface area contributed by atoms with Crippen LogP contribution in [-0.4, -0.2) is 27.4 Å². The smallest absolute Gasteiger partial charge is 0.146 e. The zero-order valence-electron chi connectivity index (χ0n) is 13.0. The largest absolute Gasteiger partial charge is 0.362 e. The van der Waals surface area contributed by atoms with Crippen LogP contribution in [-0.2, 0) is 20.1 Å². The quantitative estimate of drug-likeness (QED) is 0.936. The van der Waals surface area contributed by atoms with Crippen LogP contribution in [0.2, 0.25) is 0 Å². The predicted molar refractivity (Wildman–Crippen MR) is 84.0 cm³/mol. The Labute approximate surface area is 126 Å². The molecule has 0 amide bonds. The first-order valence-corrected chi connectivity index (χ1v) is 7.54. The fourth-order valence-electron chi connectivity index (χ4n) is 2.84. The molecule has 1 N–H and O–H groups in total. The molecular weight excluding hydrogens is 262 g/mol. The van der Waals surface area contributed by atoms with Crippen molar-refractivity contribution in [2.24, 2.45) is 13.0 Å². The number of benzene rings is 1. The summed E-state index contributed by atoms with van der Waals surface area (Å²) in [6, 6.07) is 9.10. The Kier molecular flexibility index (Phi) is 3.92. The Balaban J connectivity index is 1.92. The highest BCUT2D eigenvalue weighted by atomic mass is 15.3. The van der Waals surface area contributed by atoms with Crippen molar-refractivity contribution in [3.63, 3.8) is 0 Å². The Morgan fingerprint density at radius 3 is 2.86 bits per heavy atom. The van der Waals surface area contributed by atoms with Crippen molar-refractivity contribution in [1.82, 2.24) is 20.1 Å². The third-order valence-electron chi connectivity index (χ3n) is 4.25. The van der Waals surface area contributed by atoms with E-state index in [1.165, 1.54) is 11.3 Å². The van der Waals surface area contributed by atoms with Gasteiger partial charge in [-0.2, -0.15) is 5.10 Å². The maximum Gasteiger partial charge on any atom is 0.146 e. The van der Waals surface area contributed by atoms with Gasteiger partial charge in [0, 0.05) is 31.9 Å². The van der Waals surface area contributed by atoms with E-state index in [-0.39, 0.29) is 0 Å². The summed E-state index contributed by atoms with van der Waals surface area (Å²) in [5.74, 6) is 1.59. The average molecular weight is 285 g/mol. The van der Waals surface area contributed by atoms with Gasteiger partial charge >= 0.3 is 0 Å². The molecule has 112 valence electrons. The normalized spacial score (nSPS) is 18.7. The molecule has 2 aromatic rings. The van der Waals surface area contributed by atoms with E-state index < -0.39 is 0 Å². The zero-order valence-corrected chi connectivity index (χ0v) is 13.0. The van der Waals surface area contributed by atoms with Crippen molar-refractivity contribution in [1.29, 1.82) is 0 Å². The van der Waals surface area contributed by atoms with Gasteiger partial charge in [-0.05, 0) is 17.5 Å². The van der Waals surface area contributed by atoms with Crippen molar-refractivity contribution >= 4 is 5.69 Å². The molecule has 0 fully saturated rings. The van der Waals surface area contributed by atoms with Crippen molar-refractivity contribution in [3.05, 3.63) is 42.0 Å². The molecule has 1 atom stereocenters. The SMILES string of the molecule is CC(C)C1CN(Cc2ncnn2C)c2ccccc2CN1. The lowest BCUT2D eigenvalue weighted by Gasteiger charge is -2.29. The van der Waals surface area contributed by atoms with Gasteiger partial charge in [0.25, 0.3) is 0 Å². The standard InChI is InChI=1S/C16H23N5/c1-12(2)14-9-21(10-16-18-11-19-20(16)3)15-7-5-4-6-13(15)8-17-14/h4-7,11-12,14,17H,8-10H2,1-3H3. The summed E-state index contributed by atoms with van der Waals surface area (Å²) in [6.45, 7) is 7.25. The number of aryl methyl sites for hydroxylation is 1. The molecule has 1 aromatic carbocycles. The van der Waals surface area contributed by atoms with Gasteiger partial charge in [0.1, 0.15) is 12.2 Å². The van der Waals surface area contributed by atoms with Gasteiger partial charge in [0.05, 0.1) is 6.54 Å². The first-order chi connectivity index (χ1) is 10.1. The summed E-state index contributed by atoms with van der Waals surface area (Å²) in [7, 11) is 1.95. The van der Waals surface area contributed by atoms with Gasteiger partial charge < -0.3 is 10.2 Å². The molecule has 0 aliphatic carbocycles. The highest BCUT2D eigenvalue weighted by Gasteiger charge is 2.24. The minimum absolute atomic E-state index is 0.477. The topological polar surface area (TPSA) is 46.0 Å². The molecule has 0 saturated heterocycles. The molecule has 0 bridgehead atoms. The number of hydrogen-bond donors (Lipinski definition) is 1. The second-order valence-corrected chi connectivity index (χ2v) is 6.04. The van der Waals surface area contributed by atoms with Crippen molar-refractivity contribution in [2.45, 2.75) is 33.0 Å². The molecule has 1 aliphatic rings. The van der Waals surface area contributed by atoms with Gasteiger partial charge in [-0.25, -0.2) is 4.98 Å². The van der Waals surface area contributed by atoms with Crippen LogP contribution in [0.4, 0.5) is 5.69 Å². The number of hydrogen-bond acceptors (Lipinski definition) is 4. The summed E-state index contributed by atoms with van der Waals surface area (Å²) in [4.78, 5) is 6.79. The summed E-state index contributed by atoms with van der Waals surface area (Å²) >= 11 is 0. The van der Waals surface area contributed by atoms with E-state index in [1.807, 2.05) is 11.7 Å². The summed E-state index contributed by atoms with van der Waals surface area (Å²) < 4.78 is 1.85. The van der Waals surface area contributed by atoms with Crippen LogP contribution in [0.5, 0.6) is 0 Å². The third kappa shape index (κ3) is 2.93. The second-order valence-electron chi connectivity index (χ2n) is 6.04. The van der Waals surface area contributed by atoms with Crippen molar-refractivity contribution in [3.8, 4) is 0 Å². The van der Waals surface area contributed by atoms with Crippen LogP contribution in [0.15, 0.2) is 30.6 Å². The molecule has 0 spiro atoms. The van der Waals surface area contributed by atoms with Crippen LogP contribution in [0.25, 0.3) is 0 Å². The van der Waals surface area contributed by atoms with E-state index in [2.05, 4.69) is 58.4 Å². The Morgan fingerprint density at radius 2 is 2.14 bits per heavy atom. The molecular formula is C16H23N5. The van der Waals surface area contributed by atoms with Crippen LogP contribution in [0, 0.1) is 5.92 Å². The molecule has 1 aliphatic heterocycles. The monoisotopic (exact) mass is 285 g/mol. The summed E-state index contributed by atoms with van der Waals surface area (Å²) in [6.07, 6.45) is 1.62. The Morgan fingerprint density at radius 1 is 1.33 bits per heavy atom. The number of anilines is 1. The number of nitrogens with one attached hydrogen (secondary N) is 1. The Bertz CT molecular complexity index is 604. The predicted octanol–water partition coefficient (Wildman–Crippen LogP) is 1.95. The van der Waals surface area contributed by atoms with E-state index >= 15 is 0 Å². The van der Waals surface area contributed by atoms with E-state index in [0.29, 0.717) is 12.0 Å². The minimum Gasteiger partial charge on any atom is -0.362 e. The van der Waals surface area contributed by atoms with E-state index in [4.69, 9.17) is 0 Å². The summed E-state index contributed by atoms with van der Waals surface area (Å²) in [5, 5.41) is 7.86. The number of rotatable bonds is 3. The lowest BCUT2D eigenvalue weighted by Crippen LogP contribution is -2.41. The van der Waals surface area contributed by atoms with Gasteiger partial charge in [-0.15, -0.1) is 0 Å². The lowest BCUT2D eigenvalue weighted by molar-refractivity contribution is 0.402.